The molecule has 0 aliphatic rings. The molecule has 0 aliphatic carbocycles. The van der Waals surface area contributed by atoms with Gasteiger partial charge in [-0.3, -0.25) is 4.79 Å². The second-order valence-electron chi connectivity index (χ2n) is 2.68. The van der Waals surface area contributed by atoms with Crippen LogP contribution >= 0.6 is 0 Å². The molecule has 0 aromatic carbocycles. The molecule has 0 unspecified atom stereocenters. The van der Waals surface area contributed by atoms with Crippen molar-refractivity contribution >= 4 is 5.97 Å². The number of hydrogen-bond acceptors (Lipinski definition) is 4. The summed E-state index contributed by atoms with van der Waals surface area (Å²) in [6.45, 7) is 11.0. The highest BCUT2D eigenvalue weighted by Gasteiger charge is 1.93. The highest BCUT2D eigenvalue weighted by molar-refractivity contribution is 5.65. The number of esters is 1. The van der Waals surface area contributed by atoms with Crippen LogP contribution in [-0.4, -0.2) is 48.8 Å². The van der Waals surface area contributed by atoms with E-state index in [4.69, 9.17) is 5.11 Å². The maximum absolute atomic E-state index is 9.82. The van der Waals surface area contributed by atoms with Gasteiger partial charge in [-0.2, -0.15) is 0 Å². The Morgan fingerprint density at radius 1 is 1.29 bits per heavy atom. The van der Waals surface area contributed by atoms with Crippen LogP contribution in [0, 0.1) is 0 Å². The zero-order valence-electron chi connectivity index (χ0n) is 9.75. The topological polar surface area (TPSA) is 49.8 Å². The highest BCUT2D eigenvalue weighted by atomic mass is 16.5. The van der Waals surface area contributed by atoms with Gasteiger partial charge in [0.2, 0.25) is 0 Å². The summed E-state index contributed by atoms with van der Waals surface area (Å²) in [5, 5.41) is 8.46. The molecular formula is C10H23NO3. The van der Waals surface area contributed by atoms with E-state index >= 15 is 0 Å². The summed E-state index contributed by atoms with van der Waals surface area (Å²) in [4.78, 5) is 12.0. The first kappa shape index (κ1) is 15.8. The lowest BCUT2D eigenvalue weighted by atomic mass is 10.5. The van der Waals surface area contributed by atoms with E-state index in [2.05, 4.69) is 23.5 Å². The van der Waals surface area contributed by atoms with Crippen LogP contribution in [0.15, 0.2) is 0 Å². The summed E-state index contributed by atoms with van der Waals surface area (Å²) in [5.74, 6) is -0.211. The molecule has 86 valence electrons. The van der Waals surface area contributed by atoms with Crippen molar-refractivity contribution in [2.45, 2.75) is 27.7 Å². The number of hydrogen-bond donors (Lipinski definition) is 1. The summed E-state index contributed by atoms with van der Waals surface area (Å²) in [7, 11) is 0. The SMILES string of the molecule is CCN(CC)CCO.CCOC(C)=O. The molecule has 0 saturated carbocycles. The smallest absolute Gasteiger partial charge is 0.302 e. The number of nitrogens with zero attached hydrogens (tertiary/aromatic N) is 1. The van der Waals surface area contributed by atoms with Gasteiger partial charge < -0.3 is 14.7 Å². The molecule has 0 fully saturated rings. The number of aliphatic hydroxyl groups is 1. The molecule has 0 bridgehead atoms. The van der Waals surface area contributed by atoms with Crippen LogP contribution in [-0.2, 0) is 9.53 Å². The van der Waals surface area contributed by atoms with Gasteiger partial charge in [-0.25, -0.2) is 0 Å². The van der Waals surface area contributed by atoms with E-state index in [0.717, 1.165) is 19.6 Å². The molecule has 4 nitrogen and oxygen atoms in total. The van der Waals surface area contributed by atoms with Crippen molar-refractivity contribution in [2.24, 2.45) is 0 Å². The van der Waals surface area contributed by atoms with Gasteiger partial charge in [0.1, 0.15) is 0 Å². The Morgan fingerprint density at radius 3 is 1.86 bits per heavy atom. The second kappa shape index (κ2) is 12.4. The number of aliphatic hydroxyl groups excluding tert-OH is 1. The van der Waals surface area contributed by atoms with Crippen molar-refractivity contribution in [1.29, 1.82) is 0 Å². The van der Waals surface area contributed by atoms with Crippen LogP contribution in [0.5, 0.6) is 0 Å². The van der Waals surface area contributed by atoms with Gasteiger partial charge in [0.25, 0.3) is 0 Å². The average molecular weight is 205 g/mol. The summed E-state index contributed by atoms with van der Waals surface area (Å²) >= 11 is 0. The van der Waals surface area contributed by atoms with Crippen LogP contribution in [0.1, 0.15) is 27.7 Å². The quantitative estimate of drug-likeness (QED) is 0.677. The average Bonchev–Trinajstić information content (AvgIpc) is 2.15. The van der Waals surface area contributed by atoms with Gasteiger partial charge in [-0.05, 0) is 20.0 Å². The van der Waals surface area contributed by atoms with E-state index < -0.39 is 0 Å². The number of likely N-dealkylation sites (N-methyl/N-ethyl adjacent to an activating group) is 1. The maximum Gasteiger partial charge on any atom is 0.302 e. The van der Waals surface area contributed by atoms with E-state index in [1.807, 2.05) is 0 Å². The Balaban J connectivity index is 0. The normalized spacial score (nSPS) is 9.29. The fourth-order valence-electron chi connectivity index (χ4n) is 0.885. The lowest BCUT2D eigenvalue weighted by molar-refractivity contribution is -0.140. The molecular weight excluding hydrogens is 182 g/mol. The molecule has 0 aliphatic heterocycles. The Bertz CT molecular complexity index is 125. The lowest BCUT2D eigenvalue weighted by Gasteiger charge is -2.15. The zero-order chi connectivity index (χ0) is 11.4. The van der Waals surface area contributed by atoms with E-state index in [-0.39, 0.29) is 12.6 Å². The third kappa shape index (κ3) is 13.9. The van der Waals surface area contributed by atoms with Gasteiger partial charge in [-0.1, -0.05) is 13.8 Å². The van der Waals surface area contributed by atoms with Gasteiger partial charge in [0.05, 0.1) is 13.2 Å². The largest absolute Gasteiger partial charge is 0.466 e. The molecule has 0 aromatic rings. The highest BCUT2D eigenvalue weighted by Crippen LogP contribution is 1.82. The van der Waals surface area contributed by atoms with Gasteiger partial charge in [0.15, 0.2) is 0 Å². The van der Waals surface area contributed by atoms with Crippen molar-refractivity contribution in [1.82, 2.24) is 4.90 Å². The minimum absolute atomic E-state index is 0.211. The Labute approximate surface area is 86.9 Å². The molecule has 0 amide bonds. The van der Waals surface area contributed by atoms with E-state index in [0.29, 0.717) is 6.61 Å². The fraction of sp³-hybridized carbons (Fsp3) is 0.900. The third-order valence-corrected chi connectivity index (χ3v) is 1.66. The van der Waals surface area contributed by atoms with Crippen molar-refractivity contribution in [3.8, 4) is 0 Å². The second-order valence-corrected chi connectivity index (χ2v) is 2.68. The van der Waals surface area contributed by atoms with Crippen LogP contribution in [0.4, 0.5) is 0 Å². The first-order chi connectivity index (χ1) is 6.62. The van der Waals surface area contributed by atoms with E-state index in [9.17, 15) is 4.79 Å². The molecule has 0 spiro atoms. The van der Waals surface area contributed by atoms with Crippen LogP contribution in [0.3, 0.4) is 0 Å². The van der Waals surface area contributed by atoms with E-state index in [1.54, 1.807) is 6.92 Å². The molecule has 0 heterocycles. The first-order valence-electron chi connectivity index (χ1n) is 5.08. The molecule has 0 radical (unpaired) electrons. The molecule has 0 atom stereocenters. The molecule has 4 heteroatoms. The minimum Gasteiger partial charge on any atom is -0.466 e. The Kier molecular flexibility index (Phi) is 14.0. The van der Waals surface area contributed by atoms with Gasteiger partial charge >= 0.3 is 5.97 Å². The minimum atomic E-state index is -0.211. The zero-order valence-corrected chi connectivity index (χ0v) is 9.75. The number of carbonyl (C=O) groups excluding carboxylic acids is 1. The standard InChI is InChI=1S/C6H15NO.C4H8O2/c1-3-7(4-2)5-6-8;1-3-6-4(2)5/h8H,3-6H2,1-2H3;3H2,1-2H3. The summed E-state index contributed by atoms with van der Waals surface area (Å²) in [5.41, 5.74) is 0. The summed E-state index contributed by atoms with van der Waals surface area (Å²) < 4.78 is 4.40. The van der Waals surface area contributed by atoms with Crippen molar-refractivity contribution in [2.75, 3.05) is 32.8 Å². The molecule has 14 heavy (non-hydrogen) atoms. The molecule has 1 N–H and O–H groups in total. The molecule has 0 rings (SSSR count). The summed E-state index contributed by atoms with van der Waals surface area (Å²) in [6, 6.07) is 0. The Morgan fingerprint density at radius 2 is 1.79 bits per heavy atom. The van der Waals surface area contributed by atoms with Crippen LogP contribution < -0.4 is 0 Å². The van der Waals surface area contributed by atoms with Crippen molar-refractivity contribution in [3.63, 3.8) is 0 Å². The van der Waals surface area contributed by atoms with Gasteiger partial charge in [-0.15, -0.1) is 0 Å². The number of rotatable bonds is 5. The summed E-state index contributed by atoms with van der Waals surface area (Å²) in [6.07, 6.45) is 0. The monoisotopic (exact) mass is 205 g/mol. The van der Waals surface area contributed by atoms with Crippen molar-refractivity contribution < 1.29 is 14.6 Å². The van der Waals surface area contributed by atoms with E-state index in [1.165, 1.54) is 6.92 Å². The fourth-order valence-corrected chi connectivity index (χ4v) is 0.885. The van der Waals surface area contributed by atoms with Crippen LogP contribution in [0.25, 0.3) is 0 Å². The molecule has 0 aromatic heterocycles. The predicted molar refractivity (Wildman–Crippen MR) is 57.2 cm³/mol. The third-order valence-electron chi connectivity index (χ3n) is 1.66. The predicted octanol–water partition coefficient (Wildman–Crippen LogP) is 0.890. The van der Waals surface area contributed by atoms with Crippen molar-refractivity contribution in [3.05, 3.63) is 0 Å². The maximum atomic E-state index is 9.82. The molecule has 0 saturated heterocycles. The number of ether oxygens (including phenoxy) is 1. The van der Waals surface area contributed by atoms with Gasteiger partial charge in [0, 0.05) is 13.5 Å². The van der Waals surface area contributed by atoms with Crippen LogP contribution in [0.2, 0.25) is 0 Å². The number of carbonyl (C=O) groups is 1. The lowest BCUT2D eigenvalue weighted by Crippen LogP contribution is -2.25. The Hall–Kier alpha value is -0.610. The first-order valence-corrected chi connectivity index (χ1v) is 5.08.